The van der Waals surface area contributed by atoms with Crippen molar-refractivity contribution in [1.29, 1.82) is 0 Å². The molecule has 0 spiro atoms. The van der Waals surface area contributed by atoms with Crippen molar-refractivity contribution in [1.82, 2.24) is 34.5 Å². The number of pyridine rings is 1. The van der Waals surface area contributed by atoms with Crippen molar-refractivity contribution in [3.8, 4) is 11.4 Å². The van der Waals surface area contributed by atoms with Crippen molar-refractivity contribution in [3.05, 3.63) is 64.7 Å². The number of nitrogens with zero attached hydrogens (tertiary/aromatic N) is 6. The minimum atomic E-state index is -0.325. The van der Waals surface area contributed by atoms with Crippen molar-refractivity contribution >= 4 is 22.8 Å². The Morgan fingerprint density at radius 1 is 1.11 bits per heavy atom. The average Bonchev–Trinajstić information content (AvgIpc) is 3.48. The van der Waals surface area contributed by atoms with Gasteiger partial charge in [-0.1, -0.05) is 5.16 Å². The molecule has 11 heteroatoms. The van der Waals surface area contributed by atoms with E-state index in [4.69, 9.17) is 4.52 Å². The minimum Gasteiger partial charge on any atom is -0.343 e. The van der Waals surface area contributed by atoms with Gasteiger partial charge in [-0.25, -0.2) is 4.79 Å². The summed E-state index contributed by atoms with van der Waals surface area (Å²) in [6, 6.07) is 8.95. The van der Waals surface area contributed by atoms with Gasteiger partial charge >= 0.3 is 5.69 Å². The van der Waals surface area contributed by atoms with Gasteiger partial charge in [-0.3, -0.25) is 23.7 Å². The van der Waals surface area contributed by atoms with Crippen molar-refractivity contribution in [2.75, 3.05) is 19.6 Å². The van der Waals surface area contributed by atoms with Gasteiger partial charge in [0.05, 0.1) is 23.1 Å². The van der Waals surface area contributed by atoms with E-state index in [-0.39, 0.29) is 30.0 Å². The summed E-state index contributed by atoms with van der Waals surface area (Å²) in [5.74, 6) is 0.603. The standard InChI is InChI=1S/C24H25N7O4/c1-29-18-6-5-16(12-19(18)30(2)24(29)34)21-27-23(35-28-21)15-7-10-31(11-8-15)20(32)14-26-22(33)17-4-3-9-25-13-17/h3-6,9,12-13,15H,7-8,10-11,14H2,1-2H3,(H,26,33). The number of imidazole rings is 1. The molecule has 1 aromatic carbocycles. The number of hydrogen-bond acceptors (Lipinski definition) is 7. The maximum absolute atomic E-state index is 12.5. The molecule has 11 nitrogen and oxygen atoms in total. The third-order valence-corrected chi connectivity index (χ3v) is 6.49. The van der Waals surface area contributed by atoms with E-state index in [1.54, 1.807) is 46.5 Å². The molecule has 1 fully saturated rings. The van der Waals surface area contributed by atoms with Crippen LogP contribution in [-0.2, 0) is 18.9 Å². The molecule has 1 N–H and O–H groups in total. The Labute approximate surface area is 200 Å². The van der Waals surface area contributed by atoms with Crippen LogP contribution in [0, 0.1) is 0 Å². The predicted octanol–water partition coefficient (Wildman–Crippen LogP) is 1.46. The second-order valence-corrected chi connectivity index (χ2v) is 8.64. The summed E-state index contributed by atoms with van der Waals surface area (Å²) in [5, 5.41) is 6.79. The zero-order valence-corrected chi connectivity index (χ0v) is 19.5. The Bertz CT molecular complexity index is 1450. The molecule has 5 rings (SSSR count). The van der Waals surface area contributed by atoms with Gasteiger partial charge in [-0.05, 0) is 43.2 Å². The maximum Gasteiger partial charge on any atom is 0.328 e. The number of carbonyl (C=O) groups is 2. The third kappa shape index (κ3) is 4.32. The van der Waals surface area contributed by atoms with Crippen LogP contribution in [0.1, 0.15) is 35.0 Å². The Hall–Kier alpha value is -4.28. The lowest BCUT2D eigenvalue weighted by molar-refractivity contribution is -0.131. The minimum absolute atomic E-state index is 0.0510. The Morgan fingerprint density at radius 2 is 1.89 bits per heavy atom. The highest BCUT2D eigenvalue weighted by molar-refractivity contribution is 5.96. The number of carbonyl (C=O) groups excluding carboxylic acids is 2. The fourth-order valence-electron chi connectivity index (χ4n) is 4.41. The van der Waals surface area contributed by atoms with Crippen molar-refractivity contribution in [2.45, 2.75) is 18.8 Å². The first-order valence-corrected chi connectivity index (χ1v) is 11.4. The first kappa shape index (κ1) is 22.5. The highest BCUT2D eigenvalue weighted by atomic mass is 16.5. The van der Waals surface area contributed by atoms with E-state index in [0.29, 0.717) is 43.2 Å². The van der Waals surface area contributed by atoms with Crippen LogP contribution in [0.2, 0.25) is 0 Å². The number of nitrogens with one attached hydrogen (secondary N) is 1. The van der Waals surface area contributed by atoms with Crippen LogP contribution in [0.5, 0.6) is 0 Å². The van der Waals surface area contributed by atoms with Gasteiger partial charge in [0.15, 0.2) is 0 Å². The van der Waals surface area contributed by atoms with Gasteiger partial charge < -0.3 is 14.7 Å². The average molecular weight is 476 g/mol. The molecule has 3 aromatic heterocycles. The third-order valence-electron chi connectivity index (χ3n) is 6.49. The highest BCUT2D eigenvalue weighted by Crippen LogP contribution is 2.29. The summed E-state index contributed by atoms with van der Waals surface area (Å²) < 4.78 is 8.74. The number of hydrogen-bond donors (Lipinski definition) is 1. The monoisotopic (exact) mass is 475 g/mol. The molecule has 0 aliphatic carbocycles. The van der Waals surface area contributed by atoms with Crippen molar-refractivity contribution in [3.63, 3.8) is 0 Å². The number of aromatic nitrogens is 5. The van der Waals surface area contributed by atoms with E-state index in [1.165, 1.54) is 6.20 Å². The molecule has 1 saturated heterocycles. The Kier molecular flexibility index (Phi) is 5.89. The molecule has 0 bridgehead atoms. The number of aryl methyl sites for hydroxylation is 2. The summed E-state index contributed by atoms with van der Waals surface area (Å²) in [7, 11) is 3.47. The molecule has 35 heavy (non-hydrogen) atoms. The number of likely N-dealkylation sites (tertiary alicyclic amines) is 1. The first-order valence-electron chi connectivity index (χ1n) is 11.4. The molecule has 0 radical (unpaired) electrons. The van der Waals surface area contributed by atoms with E-state index in [2.05, 4.69) is 20.4 Å². The van der Waals surface area contributed by atoms with Crippen LogP contribution in [0.15, 0.2) is 52.0 Å². The highest BCUT2D eigenvalue weighted by Gasteiger charge is 2.28. The lowest BCUT2D eigenvalue weighted by Crippen LogP contribution is -2.43. The zero-order chi connectivity index (χ0) is 24.5. The molecular formula is C24H25N7O4. The second-order valence-electron chi connectivity index (χ2n) is 8.64. The number of benzene rings is 1. The molecule has 0 saturated carbocycles. The zero-order valence-electron chi connectivity index (χ0n) is 19.5. The fraction of sp³-hybridized carbons (Fsp3) is 0.333. The van der Waals surface area contributed by atoms with Crippen molar-refractivity contribution in [2.24, 2.45) is 14.1 Å². The second kappa shape index (κ2) is 9.16. The largest absolute Gasteiger partial charge is 0.343 e. The normalized spacial score (nSPS) is 14.4. The van der Waals surface area contributed by atoms with Gasteiger partial charge in [0.1, 0.15) is 0 Å². The quantitative estimate of drug-likeness (QED) is 0.463. The topological polar surface area (TPSA) is 128 Å². The summed E-state index contributed by atoms with van der Waals surface area (Å²) in [5.41, 5.74) is 2.72. The molecule has 2 amide bonds. The molecular weight excluding hydrogens is 450 g/mol. The maximum atomic E-state index is 12.5. The van der Waals surface area contributed by atoms with Crippen molar-refractivity contribution < 1.29 is 14.1 Å². The summed E-state index contributed by atoms with van der Waals surface area (Å²) >= 11 is 0. The molecule has 4 aromatic rings. The van der Waals surface area contributed by atoms with Gasteiger partial charge in [0, 0.05) is 51.1 Å². The number of rotatable bonds is 5. The number of fused-ring (bicyclic) bond motifs is 1. The molecule has 0 atom stereocenters. The smallest absolute Gasteiger partial charge is 0.328 e. The van der Waals surface area contributed by atoms with E-state index in [1.807, 2.05) is 18.2 Å². The Morgan fingerprint density at radius 3 is 2.63 bits per heavy atom. The summed E-state index contributed by atoms with van der Waals surface area (Å²) in [6.07, 6.45) is 4.43. The lowest BCUT2D eigenvalue weighted by atomic mass is 9.96. The number of amides is 2. The van der Waals surface area contributed by atoms with Gasteiger partial charge in [-0.2, -0.15) is 4.98 Å². The Balaban J connectivity index is 1.19. The van der Waals surface area contributed by atoms with Crippen LogP contribution in [0.4, 0.5) is 0 Å². The molecule has 4 heterocycles. The van der Waals surface area contributed by atoms with Crippen LogP contribution >= 0.6 is 0 Å². The summed E-state index contributed by atoms with van der Waals surface area (Å²) in [6.45, 7) is 1.03. The van der Waals surface area contributed by atoms with Gasteiger partial charge in [0.25, 0.3) is 5.91 Å². The predicted molar refractivity (Wildman–Crippen MR) is 127 cm³/mol. The van der Waals surface area contributed by atoms with Crippen LogP contribution < -0.4 is 11.0 Å². The SMILES string of the molecule is Cn1c(=O)n(C)c2cc(-c3noc(C4CCN(C(=O)CNC(=O)c5cccnc5)CC4)n3)ccc21. The molecule has 0 unspecified atom stereocenters. The van der Waals surface area contributed by atoms with Gasteiger partial charge in [0.2, 0.25) is 17.6 Å². The van der Waals surface area contributed by atoms with E-state index in [9.17, 15) is 14.4 Å². The van der Waals surface area contributed by atoms with Crippen LogP contribution in [-0.4, -0.2) is 60.6 Å². The molecule has 180 valence electrons. The fourth-order valence-corrected chi connectivity index (χ4v) is 4.41. The van der Waals surface area contributed by atoms with Gasteiger partial charge in [-0.15, -0.1) is 0 Å². The van der Waals surface area contributed by atoms with E-state index in [0.717, 1.165) is 16.6 Å². The summed E-state index contributed by atoms with van der Waals surface area (Å²) in [4.78, 5) is 47.1. The van der Waals surface area contributed by atoms with Crippen LogP contribution in [0.3, 0.4) is 0 Å². The van der Waals surface area contributed by atoms with E-state index >= 15 is 0 Å². The van der Waals surface area contributed by atoms with Crippen LogP contribution in [0.25, 0.3) is 22.4 Å². The molecule has 1 aliphatic rings. The molecule has 1 aliphatic heterocycles. The first-order chi connectivity index (χ1) is 16.9. The lowest BCUT2D eigenvalue weighted by Gasteiger charge is -2.30. The number of piperidine rings is 1. The van der Waals surface area contributed by atoms with E-state index < -0.39 is 0 Å².